The molecule has 3 aliphatic carbocycles. The third-order valence-electron chi connectivity index (χ3n) is 7.92. The summed E-state index contributed by atoms with van der Waals surface area (Å²) in [5.41, 5.74) is -1.41. The summed E-state index contributed by atoms with van der Waals surface area (Å²) in [4.78, 5) is 0. The second kappa shape index (κ2) is 9.84. The minimum atomic E-state index is -5.85. The SMILES string of the molecule is C[C@H](C/C=C\C(O)(C(F)(F)F)C(F)(F)F)C1=CCC2/C(=C/C=C3/CCCC(O)C3)CCCC12C. The van der Waals surface area contributed by atoms with Gasteiger partial charge in [-0.25, -0.2) is 0 Å². The smallest absolute Gasteiger partial charge is 0.393 e. The zero-order valence-electron chi connectivity index (χ0n) is 19.6. The van der Waals surface area contributed by atoms with E-state index in [1.807, 2.05) is 6.92 Å². The van der Waals surface area contributed by atoms with Crippen molar-refractivity contribution in [1.29, 1.82) is 0 Å². The van der Waals surface area contributed by atoms with E-state index in [2.05, 4.69) is 25.2 Å². The number of fused-ring (bicyclic) bond motifs is 1. The van der Waals surface area contributed by atoms with Crippen LogP contribution >= 0.6 is 0 Å². The van der Waals surface area contributed by atoms with Gasteiger partial charge in [0.1, 0.15) is 0 Å². The average molecular weight is 493 g/mol. The number of halogens is 6. The molecule has 0 amide bonds. The van der Waals surface area contributed by atoms with Crippen LogP contribution in [0.15, 0.2) is 47.1 Å². The van der Waals surface area contributed by atoms with Crippen LogP contribution in [0.1, 0.15) is 71.6 Å². The van der Waals surface area contributed by atoms with Crippen molar-refractivity contribution in [2.75, 3.05) is 0 Å². The predicted octanol–water partition coefficient (Wildman–Crippen LogP) is 7.35. The Balaban J connectivity index is 1.72. The van der Waals surface area contributed by atoms with Gasteiger partial charge in [-0.3, -0.25) is 0 Å². The second-order valence-electron chi connectivity index (χ2n) is 10.3. The molecule has 2 saturated carbocycles. The van der Waals surface area contributed by atoms with Crippen LogP contribution in [0.2, 0.25) is 0 Å². The predicted molar refractivity (Wildman–Crippen MR) is 119 cm³/mol. The molecule has 3 aliphatic rings. The number of aliphatic hydroxyl groups excluding tert-OH is 1. The molecule has 0 aromatic carbocycles. The number of hydrogen-bond donors (Lipinski definition) is 2. The maximum absolute atomic E-state index is 12.9. The largest absolute Gasteiger partial charge is 0.429 e. The molecule has 0 spiro atoms. The molecule has 0 heterocycles. The van der Waals surface area contributed by atoms with Crippen LogP contribution in [0.25, 0.3) is 0 Å². The summed E-state index contributed by atoms with van der Waals surface area (Å²) in [5, 5.41) is 19.2. The second-order valence-corrected chi connectivity index (χ2v) is 10.3. The monoisotopic (exact) mass is 492 g/mol. The molecule has 8 heteroatoms. The Morgan fingerprint density at radius 1 is 1.09 bits per heavy atom. The fourth-order valence-corrected chi connectivity index (χ4v) is 5.98. The average Bonchev–Trinajstić information content (AvgIpc) is 3.08. The molecule has 3 unspecified atom stereocenters. The van der Waals surface area contributed by atoms with Gasteiger partial charge in [0.25, 0.3) is 5.60 Å². The van der Waals surface area contributed by atoms with Crippen molar-refractivity contribution in [1.82, 2.24) is 0 Å². The van der Waals surface area contributed by atoms with Gasteiger partial charge in [0.2, 0.25) is 0 Å². The van der Waals surface area contributed by atoms with Gasteiger partial charge in [-0.1, -0.05) is 54.9 Å². The normalized spacial score (nSPS) is 32.4. The third-order valence-corrected chi connectivity index (χ3v) is 7.92. The Bertz CT molecular complexity index is 849. The molecule has 2 nitrogen and oxygen atoms in total. The van der Waals surface area contributed by atoms with Crippen molar-refractivity contribution in [3.05, 3.63) is 47.1 Å². The first kappa shape index (κ1) is 27.1. The fourth-order valence-electron chi connectivity index (χ4n) is 5.98. The molecule has 34 heavy (non-hydrogen) atoms. The first-order valence-corrected chi connectivity index (χ1v) is 12.0. The van der Waals surface area contributed by atoms with Crippen molar-refractivity contribution in [3.63, 3.8) is 0 Å². The van der Waals surface area contributed by atoms with Gasteiger partial charge in [0.15, 0.2) is 0 Å². The molecule has 0 aromatic rings. The summed E-state index contributed by atoms with van der Waals surface area (Å²) in [5.74, 6) is 0.0125. The van der Waals surface area contributed by atoms with Crippen LogP contribution in [0.4, 0.5) is 26.3 Å². The molecule has 0 aromatic heterocycles. The topological polar surface area (TPSA) is 40.5 Å². The third kappa shape index (κ3) is 5.32. The molecule has 0 saturated heterocycles. The summed E-state index contributed by atoms with van der Waals surface area (Å²) in [7, 11) is 0. The summed E-state index contributed by atoms with van der Waals surface area (Å²) >= 11 is 0. The molecule has 0 aliphatic heterocycles. The Morgan fingerprint density at radius 3 is 2.38 bits per heavy atom. The standard InChI is InChI=1S/C26H34F6O2/c1-17(6-4-15-24(34,25(27,28)29)26(30,31)32)21-12-13-22-19(8-5-14-23(21,22)2)11-10-18-7-3-9-20(33)16-18/h4,10-12,15,17,20,22,33-34H,3,5-9,13-14,16H2,1-2H3/b15-4-,18-10-,19-11+/t17-,20?,22?,23?/m1/s1. The minimum Gasteiger partial charge on any atom is -0.393 e. The first-order chi connectivity index (χ1) is 15.7. The molecule has 2 N–H and O–H groups in total. The van der Waals surface area contributed by atoms with Gasteiger partial charge in [-0.15, -0.1) is 0 Å². The Morgan fingerprint density at radius 2 is 1.76 bits per heavy atom. The minimum absolute atomic E-state index is 0.0242. The van der Waals surface area contributed by atoms with E-state index in [4.69, 9.17) is 0 Å². The summed E-state index contributed by atoms with van der Waals surface area (Å²) < 4.78 is 77.5. The van der Waals surface area contributed by atoms with Gasteiger partial charge in [-0.05, 0) is 81.1 Å². The molecule has 0 radical (unpaired) electrons. The number of alkyl halides is 6. The van der Waals surface area contributed by atoms with Gasteiger partial charge in [0, 0.05) is 0 Å². The van der Waals surface area contributed by atoms with Crippen LogP contribution in [-0.4, -0.2) is 34.3 Å². The lowest BCUT2D eigenvalue weighted by Gasteiger charge is -2.42. The van der Waals surface area contributed by atoms with Crippen molar-refractivity contribution in [2.24, 2.45) is 17.3 Å². The number of rotatable bonds is 5. The highest BCUT2D eigenvalue weighted by atomic mass is 19.4. The van der Waals surface area contributed by atoms with E-state index < -0.39 is 18.0 Å². The van der Waals surface area contributed by atoms with Crippen LogP contribution in [0.3, 0.4) is 0 Å². The lowest BCUT2D eigenvalue weighted by atomic mass is 9.62. The lowest BCUT2D eigenvalue weighted by Crippen LogP contribution is -2.55. The van der Waals surface area contributed by atoms with Gasteiger partial charge < -0.3 is 10.2 Å². The van der Waals surface area contributed by atoms with E-state index in [0.717, 1.165) is 56.6 Å². The molecular formula is C26H34F6O2. The summed E-state index contributed by atoms with van der Waals surface area (Å²) in [6.45, 7) is 3.95. The Hall–Kier alpha value is -1.54. The van der Waals surface area contributed by atoms with Crippen LogP contribution < -0.4 is 0 Å². The van der Waals surface area contributed by atoms with Crippen LogP contribution in [0, 0.1) is 17.3 Å². The highest BCUT2D eigenvalue weighted by Crippen LogP contribution is 2.57. The summed E-state index contributed by atoms with van der Waals surface area (Å²) in [6, 6.07) is 0. The molecule has 192 valence electrons. The Kier molecular flexibility index (Phi) is 7.83. The number of allylic oxidation sites excluding steroid dienone is 6. The van der Waals surface area contributed by atoms with Crippen LogP contribution in [-0.2, 0) is 0 Å². The lowest BCUT2D eigenvalue weighted by molar-refractivity contribution is -0.347. The maximum Gasteiger partial charge on any atom is 0.429 e. The molecular weight excluding hydrogens is 458 g/mol. The van der Waals surface area contributed by atoms with Gasteiger partial charge in [0.05, 0.1) is 6.10 Å². The summed E-state index contributed by atoms with van der Waals surface area (Å²) in [6.07, 6.45) is 2.18. The van der Waals surface area contributed by atoms with E-state index >= 15 is 0 Å². The van der Waals surface area contributed by atoms with E-state index in [1.165, 1.54) is 11.1 Å². The molecule has 3 rings (SSSR count). The first-order valence-electron chi connectivity index (χ1n) is 12.0. The fraction of sp³-hybridized carbons (Fsp3) is 0.692. The van der Waals surface area contributed by atoms with Crippen molar-refractivity contribution >= 4 is 0 Å². The quantitative estimate of drug-likeness (QED) is 0.311. The van der Waals surface area contributed by atoms with Gasteiger partial charge in [-0.2, -0.15) is 26.3 Å². The molecule has 0 bridgehead atoms. The molecule has 2 fully saturated rings. The zero-order valence-corrected chi connectivity index (χ0v) is 19.6. The van der Waals surface area contributed by atoms with E-state index in [-0.39, 0.29) is 35.9 Å². The Labute approximate surface area is 197 Å². The van der Waals surface area contributed by atoms with Crippen LogP contribution in [0.5, 0.6) is 0 Å². The van der Waals surface area contributed by atoms with Crippen molar-refractivity contribution in [3.8, 4) is 0 Å². The maximum atomic E-state index is 12.9. The van der Waals surface area contributed by atoms with Crippen molar-refractivity contribution in [2.45, 2.75) is 95.7 Å². The zero-order chi connectivity index (χ0) is 25.4. The van der Waals surface area contributed by atoms with Gasteiger partial charge >= 0.3 is 12.4 Å². The number of hydrogen-bond acceptors (Lipinski definition) is 2. The highest BCUT2D eigenvalue weighted by molar-refractivity contribution is 5.35. The van der Waals surface area contributed by atoms with Crippen molar-refractivity contribution < 1.29 is 36.6 Å². The highest BCUT2D eigenvalue weighted by Gasteiger charge is 2.68. The van der Waals surface area contributed by atoms with E-state index in [9.17, 15) is 36.6 Å². The van der Waals surface area contributed by atoms with E-state index in [1.54, 1.807) is 0 Å². The van der Waals surface area contributed by atoms with E-state index in [0.29, 0.717) is 6.42 Å². The molecule has 4 atom stereocenters. The number of aliphatic hydroxyl groups is 2.